The third-order valence-corrected chi connectivity index (χ3v) is 12.8. The summed E-state index contributed by atoms with van der Waals surface area (Å²) < 4.78 is 2.45. The van der Waals surface area contributed by atoms with E-state index >= 15 is 0 Å². The van der Waals surface area contributed by atoms with E-state index in [2.05, 4.69) is 188 Å². The zero-order valence-corrected chi connectivity index (χ0v) is 33.4. The molecule has 3 heteroatoms. The molecule has 60 heavy (non-hydrogen) atoms. The van der Waals surface area contributed by atoms with E-state index in [1.165, 1.54) is 76.7 Å². The van der Waals surface area contributed by atoms with Crippen LogP contribution in [-0.4, -0.2) is 14.5 Å². The summed E-state index contributed by atoms with van der Waals surface area (Å²) in [6.07, 6.45) is 1.85. The smallest absolute Gasteiger partial charge is 0.159 e. The molecule has 12 rings (SSSR count). The van der Waals surface area contributed by atoms with Gasteiger partial charge in [-0.15, -0.1) is 0 Å². The zero-order chi connectivity index (χ0) is 40.0. The van der Waals surface area contributed by atoms with Gasteiger partial charge in [0.25, 0.3) is 0 Å². The summed E-state index contributed by atoms with van der Waals surface area (Å²) in [7, 11) is 0. The van der Waals surface area contributed by atoms with Gasteiger partial charge in [0.05, 0.1) is 16.7 Å². The highest BCUT2D eigenvalue weighted by Crippen LogP contribution is 2.52. The molecule has 1 aliphatic carbocycles. The first-order valence-corrected chi connectivity index (χ1v) is 20.7. The molecule has 0 unspecified atom stereocenters. The second-order valence-corrected chi connectivity index (χ2v) is 16.6. The number of hydrogen-bond donors (Lipinski definition) is 0. The van der Waals surface area contributed by atoms with Crippen LogP contribution in [0.3, 0.4) is 0 Å². The minimum atomic E-state index is -0.122. The maximum Gasteiger partial charge on any atom is 0.159 e. The Morgan fingerprint density at radius 2 is 1.07 bits per heavy atom. The van der Waals surface area contributed by atoms with E-state index in [1.54, 1.807) is 0 Å². The van der Waals surface area contributed by atoms with E-state index in [4.69, 9.17) is 9.97 Å². The van der Waals surface area contributed by atoms with E-state index in [0.29, 0.717) is 5.82 Å². The van der Waals surface area contributed by atoms with Crippen molar-refractivity contribution in [1.29, 1.82) is 0 Å². The van der Waals surface area contributed by atoms with E-state index in [0.717, 1.165) is 33.6 Å². The van der Waals surface area contributed by atoms with Gasteiger partial charge >= 0.3 is 0 Å². The van der Waals surface area contributed by atoms with Crippen LogP contribution in [-0.2, 0) is 5.41 Å². The Balaban J connectivity index is 1.05. The minimum Gasteiger partial charge on any atom is -0.309 e. The van der Waals surface area contributed by atoms with E-state index < -0.39 is 0 Å². The molecule has 0 bridgehead atoms. The van der Waals surface area contributed by atoms with Gasteiger partial charge in [-0.3, -0.25) is 0 Å². The molecule has 3 nitrogen and oxygen atoms in total. The molecule has 0 radical (unpaired) electrons. The third-order valence-electron chi connectivity index (χ3n) is 12.8. The second-order valence-electron chi connectivity index (χ2n) is 16.6. The summed E-state index contributed by atoms with van der Waals surface area (Å²) in [5.74, 6) is 0.713. The predicted molar refractivity (Wildman–Crippen MR) is 251 cm³/mol. The molecule has 0 N–H and O–H groups in total. The van der Waals surface area contributed by atoms with Gasteiger partial charge in [0.1, 0.15) is 0 Å². The highest BCUT2D eigenvalue weighted by molar-refractivity contribution is 6.13. The molecule has 1 aliphatic rings. The Morgan fingerprint density at radius 1 is 0.417 bits per heavy atom. The lowest BCUT2D eigenvalue weighted by Gasteiger charge is -2.24. The first kappa shape index (κ1) is 34.4. The molecule has 9 aromatic carbocycles. The quantitative estimate of drug-likeness (QED) is 0.163. The number of nitrogens with zero attached hydrogens (tertiary/aromatic N) is 3. The lowest BCUT2D eigenvalue weighted by atomic mass is 9.79. The van der Waals surface area contributed by atoms with Crippen molar-refractivity contribution in [2.24, 2.45) is 0 Å². The second kappa shape index (κ2) is 13.2. The number of aromatic nitrogens is 3. The van der Waals surface area contributed by atoms with Crippen molar-refractivity contribution >= 4 is 43.4 Å². The SMILES string of the molecule is CC1(C)c2ccccc2-c2cccc(-c3ccc4c(c3)c3cc(-c5cccc(-c6nccc(-c7ccccc7)n6)c5)ccc3n4-c3ccc4c(ccc5ccccc54)c3)c21. The van der Waals surface area contributed by atoms with Gasteiger partial charge in [0, 0.05) is 39.2 Å². The molecule has 0 saturated heterocycles. The summed E-state index contributed by atoms with van der Waals surface area (Å²) in [6, 6.07) is 70.7. The Kier molecular flexibility index (Phi) is 7.58. The van der Waals surface area contributed by atoms with Gasteiger partial charge in [0.15, 0.2) is 5.82 Å². The van der Waals surface area contributed by atoms with Crippen LogP contribution in [0.25, 0.3) is 105 Å². The van der Waals surface area contributed by atoms with Gasteiger partial charge < -0.3 is 4.57 Å². The lowest BCUT2D eigenvalue weighted by molar-refractivity contribution is 0.662. The molecular weight excluding hydrogens is 727 g/mol. The van der Waals surface area contributed by atoms with Crippen LogP contribution in [0.5, 0.6) is 0 Å². The average molecular weight is 766 g/mol. The predicted octanol–water partition coefficient (Wildman–Crippen LogP) is 14.9. The van der Waals surface area contributed by atoms with Gasteiger partial charge in [-0.2, -0.15) is 0 Å². The summed E-state index contributed by atoms with van der Waals surface area (Å²) in [4.78, 5) is 9.69. The maximum absolute atomic E-state index is 4.99. The zero-order valence-electron chi connectivity index (χ0n) is 33.4. The van der Waals surface area contributed by atoms with Gasteiger partial charge in [-0.05, 0) is 115 Å². The summed E-state index contributed by atoms with van der Waals surface area (Å²) in [5.41, 5.74) is 16.6. The number of benzene rings is 9. The molecule has 0 spiro atoms. The number of rotatable bonds is 5. The number of fused-ring (bicyclic) bond motifs is 9. The van der Waals surface area contributed by atoms with Crippen molar-refractivity contribution in [3.8, 4) is 61.7 Å². The van der Waals surface area contributed by atoms with Crippen LogP contribution in [0.2, 0.25) is 0 Å². The Hall–Kier alpha value is -7.62. The van der Waals surface area contributed by atoms with Crippen molar-refractivity contribution in [1.82, 2.24) is 14.5 Å². The van der Waals surface area contributed by atoms with E-state index in [1.807, 2.05) is 30.5 Å². The fourth-order valence-corrected chi connectivity index (χ4v) is 9.98. The highest BCUT2D eigenvalue weighted by Gasteiger charge is 2.37. The summed E-state index contributed by atoms with van der Waals surface area (Å²) in [5, 5.41) is 7.47. The molecule has 2 heterocycles. The average Bonchev–Trinajstić information content (AvgIpc) is 3.76. The monoisotopic (exact) mass is 765 g/mol. The van der Waals surface area contributed by atoms with Crippen LogP contribution in [0.4, 0.5) is 0 Å². The van der Waals surface area contributed by atoms with Crippen LogP contribution in [0.15, 0.2) is 200 Å². The van der Waals surface area contributed by atoms with Crippen molar-refractivity contribution in [3.63, 3.8) is 0 Å². The highest BCUT2D eigenvalue weighted by atomic mass is 15.0. The van der Waals surface area contributed by atoms with Gasteiger partial charge in [0.2, 0.25) is 0 Å². The molecular formula is C57H39N3. The fourth-order valence-electron chi connectivity index (χ4n) is 9.98. The fraction of sp³-hybridized carbons (Fsp3) is 0.0526. The lowest BCUT2D eigenvalue weighted by Crippen LogP contribution is -2.16. The van der Waals surface area contributed by atoms with Crippen molar-refractivity contribution in [2.45, 2.75) is 19.3 Å². The Morgan fingerprint density at radius 3 is 1.95 bits per heavy atom. The largest absolute Gasteiger partial charge is 0.309 e. The molecule has 282 valence electrons. The molecule has 0 atom stereocenters. The maximum atomic E-state index is 4.99. The standard InChI is InChI=1S/C57H39N3/c1-57(2)51-21-9-8-18-47(51)48-20-11-19-46(55(48)57)41-25-29-54-50(35-41)49-34-39(38-15-10-16-42(32-38)56-58-31-30-52(59-56)37-13-4-3-5-14-37)24-28-53(49)60(54)43-26-27-45-40(33-43)23-22-36-12-6-7-17-44(36)45/h3-35H,1-2H3. The molecule has 0 amide bonds. The van der Waals surface area contributed by atoms with Crippen LogP contribution in [0.1, 0.15) is 25.0 Å². The Bertz CT molecular complexity index is 3520. The Labute approximate surface area is 348 Å². The van der Waals surface area contributed by atoms with Crippen molar-refractivity contribution in [3.05, 3.63) is 211 Å². The molecule has 11 aromatic rings. The molecule has 2 aromatic heterocycles. The van der Waals surface area contributed by atoms with Gasteiger partial charge in [-0.1, -0.05) is 159 Å². The number of hydrogen-bond acceptors (Lipinski definition) is 2. The van der Waals surface area contributed by atoms with Crippen molar-refractivity contribution < 1.29 is 0 Å². The van der Waals surface area contributed by atoms with E-state index in [-0.39, 0.29) is 5.41 Å². The summed E-state index contributed by atoms with van der Waals surface area (Å²) in [6.45, 7) is 4.75. The molecule has 0 aliphatic heterocycles. The normalized spacial score (nSPS) is 13.0. The third kappa shape index (κ3) is 5.29. The van der Waals surface area contributed by atoms with Crippen LogP contribution >= 0.6 is 0 Å². The molecule has 0 saturated carbocycles. The van der Waals surface area contributed by atoms with Crippen molar-refractivity contribution in [2.75, 3.05) is 0 Å². The topological polar surface area (TPSA) is 30.7 Å². The molecule has 0 fully saturated rings. The van der Waals surface area contributed by atoms with E-state index in [9.17, 15) is 0 Å². The van der Waals surface area contributed by atoms with Gasteiger partial charge in [-0.25, -0.2) is 9.97 Å². The van der Waals surface area contributed by atoms with Crippen LogP contribution < -0.4 is 0 Å². The van der Waals surface area contributed by atoms with Crippen LogP contribution in [0, 0.1) is 0 Å². The first-order valence-electron chi connectivity index (χ1n) is 20.7. The minimum absolute atomic E-state index is 0.122. The first-order chi connectivity index (χ1) is 29.5. The summed E-state index contributed by atoms with van der Waals surface area (Å²) >= 11 is 0.